The molecule has 1 saturated carbocycles. The molecule has 0 amide bonds. The van der Waals surface area contributed by atoms with Crippen LogP contribution in [0, 0.1) is 0 Å². The normalized spacial score (nSPS) is 22.6. The van der Waals surface area contributed by atoms with E-state index in [4.69, 9.17) is 4.74 Å². The number of nitrogens with one attached hydrogen (secondary N) is 1. The highest BCUT2D eigenvalue weighted by molar-refractivity contribution is 7.89. The van der Waals surface area contributed by atoms with E-state index in [0.717, 1.165) is 19.3 Å². The van der Waals surface area contributed by atoms with Crippen LogP contribution in [-0.2, 0) is 10.0 Å². The van der Waals surface area contributed by atoms with Crippen molar-refractivity contribution in [2.75, 3.05) is 26.5 Å². The van der Waals surface area contributed by atoms with E-state index in [1.54, 1.807) is 0 Å². The molecule has 1 N–H and O–H groups in total. The van der Waals surface area contributed by atoms with Gasteiger partial charge in [-0.2, -0.15) is 0 Å². The number of nitrogens with zero attached hydrogens (tertiary/aromatic N) is 1. The van der Waals surface area contributed by atoms with E-state index in [1.807, 2.05) is 44.4 Å². The van der Waals surface area contributed by atoms with E-state index in [2.05, 4.69) is 9.62 Å². The zero-order valence-electron chi connectivity index (χ0n) is 12.7. The molecule has 0 heterocycles. The van der Waals surface area contributed by atoms with Crippen molar-refractivity contribution in [3.05, 3.63) is 30.3 Å². The molecule has 5 nitrogen and oxygen atoms in total. The summed E-state index contributed by atoms with van der Waals surface area (Å²) in [5, 5.41) is 0. The predicted octanol–water partition coefficient (Wildman–Crippen LogP) is 1.47. The van der Waals surface area contributed by atoms with Gasteiger partial charge in [0.05, 0.1) is 5.75 Å². The van der Waals surface area contributed by atoms with Gasteiger partial charge in [0, 0.05) is 12.1 Å². The maximum absolute atomic E-state index is 12.1. The molecule has 0 aliphatic heterocycles. The molecule has 1 fully saturated rings. The van der Waals surface area contributed by atoms with Crippen LogP contribution in [0.2, 0.25) is 0 Å². The zero-order valence-corrected chi connectivity index (χ0v) is 13.5. The predicted molar refractivity (Wildman–Crippen MR) is 84.0 cm³/mol. The third kappa shape index (κ3) is 4.98. The maximum atomic E-state index is 12.1. The summed E-state index contributed by atoms with van der Waals surface area (Å²) in [6, 6.07) is 9.56. The molecule has 0 unspecified atom stereocenters. The second-order valence-corrected chi connectivity index (χ2v) is 7.54. The third-order valence-corrected chi connectivity index (χ3v) is 5.20. The van der Waals surface area contributed by atoms with Gasteiger partial charge in [-0.05, 0) is 39.1 Å². The van der Waals surface area contributed by atoms with E-state index in [-0.39, 0.29) is 24.4 Å². The van der Waals surface area contributed by atoms with Gasteiger partial charge >= 0.3 is 0 Å². The van der Waals surface area contributed by atoms with Crippen molar-refractivity contribution < 1.29 is 13.2 Å². The van der Waals surface area contributed by atoms with Gasteiger partial charge in [0.1, 0.15) is 12.4 Å². The van der Waals surface area contributed by atoms with Crippen LogP contribution >= 0.6 is 0 Å². The number of sulfonamides is 1. The highest BCUT2D eigenvalue weighted by atomic mass is 32.2. The van der Waals surface area contributed by atoms with E-state index < -0.39 is 10.0 Å². The minimum atomic E-state index is -3.30. The molecule has 1 aliphatic carbocycles. The smallest absolute Gasteiger partial charge is 0.215 e. The SMILES string of the molecule is CN(C)[C@@H]1CCC[C@H]1NS(=O)(=O)CCOc1ccccc1. The largest absolute Gasteiger partial charge is 0.492 e. The van der Waals surface area contributed by atoms with Crippen LogP contribution in [-0.4, -0.2) is 51.9 Å². The Morgan fingerprint density at radius 1 is 1.24 bits per heavy atom. The van der Waals surface area contributed by atoms with Gasteiger partial charge in [0.15, 0.2) is 0 Å². The van der Waals surface area contributed by atoms with Crippen molar-refractivity contribution in [1.29, 1.82) is 0 Å². The second kappa shape index (κ2) is 7.24. The van der Waals surface area contributed by atoms with E-state index in [9.17, 15) is 8.42 Å². The molecular formula is C15H24N2O3S. The molecule has 0 bridgehead atoms. The fourth-order valence-corrected chi connectivity index (χ4v) is 3.93. The molecule has 0 radical (unpaired) electrons. The molecular weight excluding hydrogens is 288 g/mol. The van der Waals surface area contributed by atoms with Crippen molar-refractivity contribution >= 4 is 10.0 Å². The lowest BCUT2D eigenvalue weighted by Crippen LogP contribution is -2.47. The fraction of sp³-hybridized carbons (Fsp3) is 0.600. The van der Waals surface area contributed by atoms with Crippen LogP contribution in [0.25, 0.3) is 0 Å². The average Bonchev–Trinajstić information content (AvgIpc) is 2.87. The quantitative estimate of drug-likeness (QED) is 0.828. The number of hydrogen-bond acceptors (Lipinski definition) is 4. The Morgan fingerprint density at radius 2 is 1.95 bits per heavy atom. The number of rotatable bonds is 7. The van der Waals surface area contributed by atoms with E-state index in [0.29, 0.717) is 5.75 Å². The Morgan fingerprint density at radius 3 is 2.62 bits per heavy atom. The average molecular weight is 312 g/mol. The molecule has 6 heteroatoms. The zero-order chi connectivity index (χ0) is 15.3. The summed E-state index contributed by atoms with van der Waals surface area (Å²) in [5.74, 6) is 0.679. The van der Waals surface area contributed by atoms with Crippen molar-refractivity contribution in [3.63, 3.8) is 0 Å². The summed E-state index contributed by atoms with van der Waals surface area (Å²) in [6.07, 6.45) is 3.01. The molecule has 0 aromatic heterocycles. The van der Waals surface area contributed by atoms with Crippen LogP contribution < -0.4 is 9.46 Å². The topological polar surface area (TPSA) is 58.6 Å². The first-order chi connectivity index (χ1) is 9.98. The van der Waals surface area contributed by atoms with Crippen LogP contribution in [0.5, 0.6) is 5.75 Å². The Kier molecular flexibility index (Phi) is 5.61. The van der Waals surface area contributed by atoms with Gasteiger partial charge in [-0.25, -0.2) is 13.1 Å². The van der Waals surface area contributed by atoms with E-state index >= 15 is 0 Å². The van der Waals surface area contributed by atoms with Gasteiger partial charge in [-0.3, -0.25) is 0 Å². The van der Waals surface area contributed by atoms with Crippen LogP contribution in [0.15, 0.2) is 30.3 Å². The Hall–Kier alpha value is -1.11. The molecule has 1 aliphatic rings. The monoisotopic (exact) mass is 312 g/mol. The summed E-state index contributed by atoms with van der Waals surface area (Å²) >= 11 is 0. The summed E-state index contributed by atoms with van der Waals surface area (Å²) in [7, 11) is 0.688. The molecule has 118 valence electrons. The van der Waals surface area contributed by atoms with Gasteiger partial charge in [0.25, 0.3) is 0 Å². The summed E-state index contributed by atoms with van der Waals surface area (Å²) in [5.41, 5.74) is 0. The summed E-state index contributed by atoms with van der Waals surface area (Å²) in [4.78, 5) is 2.10. The van der Waals surface area contributed by atoms with Gasteiger partial charge in [0.2, 0.25) is 10.0 Å². The maximum Gasteiger partial charge on any atom is 0.215 e. The lowest BCUT2D eigenvalue weighted by molar-refractivity contribution is 0.267. The van der Waals surface area contributed by atoms with Crippen LogP contribution in [0.1, 0.15) is 19.3 Å². The molecule has 2 atom stereocenters. The highest BCUT2D eigenvalue weighted by Crippen LogP contribution is 2.23. The number of benzene rings is 1. The van der Waals surface area contributed by atoms with Gasteiger partial charge < -0.3 is 9.64 Å². The van der Waals surface area contributed by atoms with Gasteiger partial charge in [-0.15, -0.1) is 0 Å². The first-order valence-electron chi connectivity index (χ1n) is 7.32. The standard InChI is InChI=1S/C15H24N2O3S/c1-17(2)15-10-6-9-14(15)16-21(18,19)12-11-20-13-7-4-3-5-8-13/h3-5,7-8,14-16H,6,9-12H2,1-2H3/t14-,15-/m1/s1. The first-order valence-corrected chi connectivity index (χ1v) is 8.97. The van der Waals surface area contributed by atoms with E-state index in [1.165, 1.54) is 0 Å². The number of likely N-dealkylation sites (N-methyl/N-ethyl adjacent to an activating group) is 1. The Balaban J connectivity index is 1.82. The minimum absolute atomic E-state index is 0.0153. The lowest BCUT2D eigenvalue weighted by atomic mass is 10.2. The third-order valence-electron chi connectivity index (χ3n) is 3.84. The second-order valence-electron chi connectivity index (χ2n) is 5.67. The minimum Gasteiger partial charge on any atom is -0.492 e. The molecule has 2 rings (SSSR count). The molecule has 1 aromatic rings. The summed E-state index contributed by atoms with van der Waals surface area (Å²) in [6.45, 7) is 0.165. The Labute approximate surface area is 127 Å². The fourth-order valence-electron chi connectivity index (χ4n) is 2.77. The number of ether oxygens (including phenoxy) is 1. The lowest BCUT2D eigenvalue weighted by Gasteiger charge is -2.26. The Bertz CT molecular complexity index is 531. The van der Waals surface area contributed by atoms with Crippen molar-refractivity contribution in [2.24, 2.45) is 0 Å². The van der Waals surface area contributed by atoms with Crippen LogP contribution in [0.3, 0.4) is 0 Å². The number of para-hydroxylation sites is 1. The molecule has 21 heavy (non-hydrogen) atoms. The molecule has 1 aromatic carbocycles. The summed E-state index contributed by atoms with van der Waals surface area (Å²) < 4.78 is 32.5. The van der Waals surface area contributed by atoms with Gasteiger partial charge in [-0.1, -0.05) is 24.6 Å². The molecule has 0 saturated heterocycles. The van der Waals surface area contributed by atoms with Crippen LogP contribution in [0.4, 0.5) is 0 Å². The van der Waals surface area contributed by atoms with Crippen molar-refractivity contribution in [3.8, 4) is 5.75 Å². The van der Waals surface area contributed by atoms with Crippen molar-refractivity contribution in [2.45, 2.75) is 31.3 Å². The molecule has 0 spiro atoms. The highest BCUT2D eigenvalue weighted by Gasteiger charge is 2.31. The first kappa shape index (κ1) is 16.3. The van der Waals surface area contributed by atoms with Crippen molar-refractivity contribution in [1.82, 2.24) is 9.62 Å². The number of hydrogen-bond donors (Lipinski definition) is 1.